The molecule has 2 aromatic carbocycles. The van der Waals surface area contributed by atoms with E-state index >= 15 is 0 Å². The molecule has 164 valence electrons. The van der Waals surface area contributed by atoms with Crippen LogP contribution in [0.15, 0.2) is 65.8 Å². The molecule has 0 atom stereocenters. The third kappa shape index (κ3) is 5.12. The maximum absolute atomic E-state index is 12.9. The summed E-state index contributed by atoms with van der Waals surface area (Å²) in [7, 11) is 0. The first-order valence-corrected chi connectivity index (χ1v) is 10.9. The fourth-order valence-corrected chi connectivity index (χ4v) is 3.82. The van der Waals surface area contributed by atoms with Crippen LogP contribution in [0.3, 0.4) is 0 Å². The molecule has 32 heavy (non-hydrogen) atoms. The van der Waals surface area contributed by atoms with Crippen LogP contribution in [0.25, 0.3) is 0 Å². The maximum atomic E-state index is 12.9. The molecule has 8 nitrogen and oxygen atoms in total. The van der Waals surface area contributed by atoms with E-state index in [9.17, 15) is 9.59 Å². The van der Waals surface area contributed by atoms with Gasteiger partial charge in [0.2, 0.25) is 12.7 Å². The second-order valence-corrected chi connectivity index (χ2v) is 7.61. The molecule has 0 fully saturated rings. The highest BCUT2D eigenvalue weighted by molar-refractivity contribution is 8.00. The van der Waals surface area contributed by atoms with Crippen LogP contribution in [0.1, 0.15) is 17.3 Å². The van der Waals surface area contributed by atoms with Gasteiger partial charge in [0.25, 0.3) is 5.91 Å². The molecular formula is C23H21N3O5S. The van der Waals surface area contributed by atoms with E-state index in [0.717, 1.165) is 0 Å². The number of ether oxygens (including phenoxy) is 3. The van der Waals surface area contributed by atoms with Gasteiger partial charge in [-0.25, -0.2) is 4.98 Å². The van der Waals surface area contributed by atoms with E-state index in [2.05, 4.69) is 15.6 Å². The zero-order chi connectivity index (χ0) is 22.3. The van der Waals surface area contributed by atoms with Gasteiger partial charge in [-0.05, 0) is 43.3 Å². The van der Waals surface area contributed by atoms with Gasteiger partial charge in [0.05, 0.1) is 23.6 Å². The number of rotatable bonds is 8. The Labute approximate surface area is 189 Å². The Balaban J connectivity index is 1.40. The lowest BCUT2D eigenvalue weighted by atomic mass is 10.2. The molecule has 0 spiro atoms. The minimum absolute atomic E-state index is 0.0846. The maximum Gasteiger partial charge on any atom is 0.258 e. The first-order chi connectivity index (χ1) is 15.6. The zero-order valence-electron chi connectivity index (χ0n) is 17.3. The Hall–Kier alpha value is -3.72. The van der Waals surface area contributed by atoms with Gasteiger partial charge >= 0.3 is 0 Å². The summed E-state index contributed by atoms with van der Waals surface area (Å²) in [6, 6.07) is 15.8. The van der Waals surface area contributed by atoms with Gasteiger partial charge < -0.3 is 24.8 Å². The fourth-order valence-electron chi connectivity index (χ4n) is 3.02. The number of nitrogens with zero attached hydrogens (tertiary/aromatic N) is 1. The molecule has 1 aromatic heterocycles. The number of amides is 2. The average molecular weight is 452 g/mol. The molecule has 3 aromatic rings. The van der Waals surface area contributed by atoms with Crippen LogP contribution in [0.2, 0.25) is 0 Å². The lowest BCUT2D eigenvalue weighted by molar-refractivity contribution is -0.113. The lowest BCUT2D eigenvalue weighted by Crippen LogP contribution is -2.16. The van der Waals surface area contributed by atoms with E-state index in [1.54, 1.807) is 48.7 Å². The number of para-hydroxylation sites is 2. The summed E-state index contributed by atoms with van der Waals surface area (Å²) in [6.07, 6.45) is 1.59. The molecule has 0 aliphatic carbocycles. The zero-order valence-corrected chi connectivity index (χ0v) is 18.1. The smallest absolute Gasteiger partial charge is 0.258 e. The van der Waals surface area contributed by atoms with Gasteiger partial charge in [0.15, 0.2) is 11.5 Å². The van der Waals surface area contributed by atoms with Crippen LogP contribution in [0, 0.1) is 0 Å². The molecule has 0 radical (unpaired) electrons. The summed E-state index contributed by atoms with van der Waals surface area (Å²) in [4.78, 5) is 29.6. The van der Waals surface area contributed by atoms with E-state index in [0.29, 0.717) is 45.8 Å². The number of fused-ring (bicyclic) bond motifs is 1. The number of thioether (sulfide) groups is 1. The van der Waals surface area contributed by atoms with Gasteiger partial charge in [0.1, 0.15) is 10.8 Å². The molecule has 4 rings (SSSR count). The topological polar surface area (TPSA) is 98.8 Å². The van der Waals surface area contributed by atoms with Crippen LogP contribution < -0.4 is 24.8 Å². The van der Waals surface area contributed by atoms with Crippen LogP contribution in [0.5, 0.6) is 17.2 Å². The first-order valence-electron chi connectivity index (χ1n) is 9.94. The quantitative estimate of drug-likeness (QED) is 0.496. The lowest BCUT2D eigenvalue weighted by Gasteiger charge is -2.12. The summed E-state index contributed by atoms with van der Waals surface area (Å²) in [5, 5.41) is 6.13. The van der Waals surface area contributed by atoms with E-state index in [1.165, 1.54) is 11.8 Å². The normalized spacial score (nSPS) is 11.7. The summed E-state index contributed by atoms with van der Waals surface area (Å²) in [5.74, 6) is 1.35. The first kappa shape index (κ1) is 21.5. The number of hydrogen-bond acceptors (Lipinski definition) is 7. The van der Waals surface area contributed by atoms with Crippen molar-refractivity contribution in [2.45, 2.75) is 11.9 Å². The monoisotopic (exact) mass is 451 g/mol. The summed E-state index contributed by atoms with van der Waals surface area (Å²) in [5.41, 5.74) is 1.55. The highest BCUT2D eigenvalue weighted by atomic mass is 32.2. The van der Waals surface area contributed by atoms with Crippen LogP contribution in [0.4, 0.5) is 11.4 Å². The largest absolute Gasteiger partial charge is 0.492 e. The molecule has 1 aliphatic rings. The summed E-state index contributed by atoms with van der Waals surface area (Å²) >= 11 is 1.18. The second-order valence-electron chi connectivity index (χ2n) is 6.64. The number of pyridine rings is 1. The predicted octanol–water partition coefficient (Wildman–Crippen LogP) is 4.19. The van der Waals surface area contributed by atoms with Gasteiger partial charge in [0, 0.05) is 18.0 Å². The Kier molecular flexibility index (Phi) is 6.76. The average Bonchev–Trinajstić information content (AvgIpc) is 3.27. The molecule has 1 aliphatic heterocycles. The van der Waals surface area contributed by atoms with Crippen molar-refractivity contribution >= 4 is 35.0 Å². The van der Waals surface area contributed by atoms with Crippen LogP contribution >= 0.6 is 11.8 Å². The highest BCUT2D eigenvalue weighted by Gasteiger charge is 2.17. The number of anilines is 2. The predicted molar refractivity (Wildman–Crippen MR) is 122 cm³/mol. The Morgan fingerprint density at radius 3 is 2.78 bits per heavy atom. The van der Waals surface area contributed by atoms with Crippen LogP contribution in [-0.2, 0) is 4.79 Å². The van der Waals surface area contributed by atoms with Crippen LogP contribution in [-0.4, -0.2) is 36.0 Å². The van der Waals surface area contributed by atoms with Crippen molar-refractivity contribution in [3.05, 3.63) is 66.4 Å². The molecule has 0 saturated carbocycles. The van der Waals surface area contributed by atoms with Crippen molar-refractivity contribution in [2.24, 2.45) is 0 Å². The van der Waals surface area contributed by atoms with Gasteiger partial charge in [-0.2, -0.15) is 0 Å². The number of hydrogen-bond donors (Lipinski definition) is 2. The second kappa shape index (κ2) is 10.1. The fraction of sp³-hybridized carbons (Fsp3) is 0.174. The van der Waals surface area contributed by atoms with Crippen molar-refractivity contribution < 1.29 is 23.8 Å². The van der Waals surface area contributed by atoms with Crippen molar-refractivity contribution in [1.29, 1.82) is 0 Å². The van der Waals surface area contributed by atoms with Crippen molar-refractivity contribution in [3.63, 3.8) is 0 Å². The van der Waals surface area contributed by atoms with Crippen molar-refractivity contribution in [2.75, 3.05) is 29.8 Å². The SMILES string of the molecule is CCOc1ccccc1NC(=O)c1cccnc1SCC(=O)Nc1ccc2c(c1)OCO2. The number of benzene rings is 2. The van der Waals surface area contributed by atoms with Gasteiger partial charge in [-0.15, -0.1) is 0 Å². The van der Waals surface area contributed by atoms with Gasteiger partial charge in [-0.1, -0.05) is 23.9 Å². The molecule has 0 bridgehead atoms. The molecule has 2 N–H and O–H groups in total. The number of carbonyl (C=O) groups excluding carboxylic acids is 2. The summed E-state index contributed by atoms with van der Waals surface area (Å²) < 4.78 is 16.2. The minimum atomic E-state index is -0.330. The standard InChI is InChI=1S/C23H21N3O5S/c1-2-29-18-8-4-3-7-17(18)26-22(28)16-6-5-11-24-23(16)32-13-21(27)25-15-9-10-19-20(12-15)31-14-30-19/h3-12H,2,13-14H2,1H3,(H,25,27)(H,26,28). The highest BCUT2D eigenvalue weighted by Crippen LogP contribution is 2.34. The third-order valence-corrected chi connectivity index (χ3v) is 5.45. The number of nitrogens with one attached hydrogen (secondary N) is 2. The van der Waals surface area contributed by atoms with E-state index < -0.39 is 0 Å². The van der Waals surface area contributed by atoms with Crippen molar-refractivity contribution in [3.8, 4) is 17.2 Å². The molecule has 0 unspecified atom stereocenters. The molecule has 2 amide bonds. The number of aromatic nitrogens is 1. The number of carbonyl (C=O) groups is 2. The Bertz CT molecular complexity index is 1140. The molecule has 2 heterocycles. The molecule has 9 heteroatoms. The third-order valence-electron chi connectivity index (χ3n) is 4.45. The van der Waals surface area contributed by atoms with E-state index in [4.69, 9.17) is 14.2 Å². The molecule has 0 saturated heterocycles. The molecular weight excluding hydrogens is 430 g/mol. The van der Waals surface area contributed by atoms with E-state index in [1.807, 2.05) is 19.1 Å². The van der Waals surface area contributed by atoms with E-state index in [-0.39, 0.29) is 24.4 Å². The van der Waals surface area contributed by atoms with Crippen molar-refractivity contribution in [1.82, 2.24) is 4.98 Å². The Morgan fingerprint density at radius 2 is 1.91 bits per heavy atom. The summed E-state index contributed by atoms with van der Waals surface area (Å²) in [6.45, 7) is 2.53. The van der Waals surface area contributed by atoms with Gasteiger partial charge in [-0.3, -0.25) is 9.59 Å². The minimum Gasteiger partial charge on any atom is -0.492 e. The Morgan fingerprint density at radius 1 is 1.06 bits per heavy atom.